The Morgan fingerprint density at radius 2 is 0.778 bits per heavy atom. The monoisotopic (exact) mass is 847 g/mol. The molecule has 7 rings (SSSR count). The summed E-state index contributed by atoms with van der Waals surface area (Å²) in [6, 6.07) is 53.3. The smallest absolute Gasteiger partial charge is 0.226 e. The van der Waals surface area contributed by atoms with Crippen molar-refractivity contribution in [1.29, 1.82) is 0 Å². The van der Waals surface area contributed by atoms with E-state index in [0.717, 1.165) is 142 Å². The van der Waals surface area contributed by atoms with E-state index in [1.54, 1.807) is 0 Å². The van der Waals surface area contributed by atoms with Crippen molar-refractivity contribution in [1.82, 2.24) is 20.0 Å². The summed E-state index contributed by atoms with van der Waals surface area (Å²) < 4.78 is 0. The van der Waals surface area contributed by atoms with Gasteiger partial charge in [0.15, 0.2) is 0 Å². The first-order chi connectivity index (χ1) is 31.1. The fraction of sp³-hybridized carbons (Fsp3) is 0.439. The zero-order valence-corrected chi connectivity index (χ0v) is 38.0. The van der Waals surface area contributed by atoms with Crippen molar-refractivity contribution in [3.05, 3.63) is 179 Å². The van der Waals surface area contributed by atoms with Gasteiger partial charge in [-0.25, -0.2) is 0 Å². The van der Waals surface area contributed by atoms with E-state index in [1.165, 1.54) is 27.8 Å². The van der Waals surface area contributed by atoms with E-state index in [1.807, 2.05) is 0 Å². The average Bonchev–Trinajstić information content (AvgIpc) is 3.76. The predicted molar refractivity (Wildman–Crippen MR) is 261 cm³/mol. The van der Waals surface area contributed by atoms with Gasteiger partial charge in [-0.05, 0) is 137 Å². The lowest BCUT2D eigenvalue weighted by Crippen LogP contribution is -2.42. The Hall–Kier alpha value is -5.04. The van der Waals surface area contributed by atoms with Gasteiger partial charge >= 0.3 is 0 Å². The van der Waals surface area contributed by atoms with Gasteiger partial charge in [-0.2, -0.15) is 0 Å². The van der Waals surface area contributed by atoms with Crippen LogP contribution in [-0.2, 0) is 41.8 Å². The zero-order chi connectivity index (χ0) is 43.6. The maximum absolute atomic E-state index is 13.8. The van der Waals surface area contributed by atoms with Crippen LogP contribution in [0, 0.1) is 11.8 Å². The molecule has 2 aliphatic rings. The number of carbonyl (C=O) groups is 2. The summed E-state index contributed by atoms with van der Waals surface area (Å²) in [7, 11) is 0. The van der Waals surface area contributed by atoms with E-state index >= 15 is 0 Å². The lowest BCUT2D eigenvalue weighted by atomic mass is 9.92. The summed E-state index contributed by atoms with van der Waals surface area (Å²) in [4.78, 5) is 33.7. The van der Waals surface area contributed by atoms with Gasteiger partial charge in [-0.3, -0.25) is 19.8 Å². The first-order valence-corrected chi connectivity index (χ1v) is 24.3. The van der Waals surface area contributed by atoms with Gasteiger partial charge in [0, 0.05) is 38.0 Å². The van der Waals surface area contributed by atoms with E-state index in [9.17, 15) is 9.59 Å². The van der Waals surface area contributed by atoms with Gasteiger partial charge in [-0.1, -0.05) is 152 Å². The Morgan fingerprint density at radius 3 is 1.21 bits per heavy atom. The molecule has 2 saturated heterocycles. The Bertz CT molecular complexity index is 1860. The second kappa shape index (κ2) is 27.9. The molecule has 334 valence electrons. The van der Waals surface area contributed by atoms with E-state index in [2.05, 4.69) is 172 Å². The highest BCUT2D eigenvalue weighted by atomic mass is 16.2. The van der Waals surface area contributed by atoms with Crippen LogP contribution in [0.1, 0.15) is 105 Å². The molecule has 2 amide bonds. The molecule has 0 saturated carbocycles. The molecule has 6 nitrogen and oxygen atoms in total. The highest BCUT2D eigenvalue weighted by Crippen LogP contribution is 2.24. The number of hydrogen-bond donors (Lipinski definition) is 1. The van der Waals surface area contributed by atoms with Gasteiger partial charge in [0.1, 0.15) is 0 Å². The number of rotatable bonds is 20. The molecule has 0 aliphatic carbocycles. The van der Waals surface area contributed by atoms with Crippen molar-refractivity contribution in [2.45, 2.75) is 109 Å². The van der Waals surface area contributed by atoms with Crippen LogP contribution in [0.4, 0.5) is 0 Å². The summed E-state index contributed by atoms with van der Waals surface area (Å²) >= 11 is 0. The molecular weight excluding hydrogens is 773 g/mol. The Kier molecular flexibility index (Phi) is 21.0. The molecule has 6 heteroatoms. The molecule has 5 aromatic rings. The second-order valence-corrected chi connectivity index (χ2v) is 17.9. The summed E-state index contributed by atoms with van der Waals surface area (Å²) in [5.41, 5.74) is 6.80. The van der Waals surface area contributed by atoms with Gasteiger partial charge < -0.3 is 9.80 Å². The van der Waals surface area contributed by atoms with Gasteiger partial charge in [0.05, 0.1) is 13.3 Å². The number of benzene rings is 5. The van der Waals surface area contributed by atoms with Crippen LogP contribution in [0.5, 0.6) is 0 Å². The van der Waals surface area contributed by atoms with Gasteiger partial charge in [-0.15, -0.1) is 0 Å². The summed E-state index contributed by atoms with van der Waals surface area (Å²) in [6.07, 6.45) is 16.9. The third-order valence-corrected chi connectivity index (χ3v) is 12.9. The molecule has 0 unspecified atom stereocenters. The number of aryl methyl sites for hydroxylation is 4. The van der Waals surface area contributed by atoms with Crippen LogP contribution >= 0.6 is 0 Å². The maximum Gasteiger partial charge on any atom is 0.226 e. The van der Waals surface area contributed by atoms with Gasteiger partial charge in [0.2, 0.25) is 11.8 Å². The van der Waals surface area contributed by atoms with Crippen molar-refractivity contribution in [2.75, 3.05) is 39.5 Å². The second-order valence-electron chi connectivity index (χ2n) is 17.9. The number of nitrogens with one attached hydrogen (secondary N) is 1. The third-order valence-electron chi connectivity index (χ3n) is 12.9. The quantitative estimate of drug-likeness (QED) is 0.0848. The molecule has 1 N–H and O–H groups in total. The summed E-state index contributed by atoms with van der Waals surface area (Å²) in [5.74, 6) is 0.980. The van der Waals surface area contributed by atoms with Crippen molar-refractivity contribution in [3.63, 3.8) is 0 Å². The van der Waals surface area contributed by atoms with E-state index in [4.69, 9.17) is 0 Å². The third kappa shape index (κ3) is 17.6. The fourth-order valence-electron chi connectivity index (χ4n) is 9.29. The van der Waals surface area contributed by atoms with Crippen molar-refractivity contribution >= 4 is 11.8 Å². The van der Waals surface area contributed by atoms with Crippen molar-refractivity contribution in [3.8, 4) is 0 Å². The largest absolute Gasteiger partial charge is 0.330 e. The van der Waals surface area contributed by atoms with Crippen LogP contribution in [0.2, 0.25) is 0 Å². The molecule has 0 radical (unpaired) electrons. The number of hydrogen-bond acceptors (Lipinski definition) is 4. The van der Waals surface area contributed by atoms with E-state index in [-0.39, 0.29) is 11.8 Å². The van der Waals surface area contributed by atoms with Crippen LogP contribution < -0.4 is 5.32 Å². The molecule has 0 spiro atoms. The first kappa shape index (κ1) is 47.4. The number of carbonyl (C=O) groups excluding carboxylic acids is 2. The Labute approximate surface area is 380 Å². The molecule has 0 bridgehead atoms. The lowest BCUT2D eigenvalue weighted by Gasteiger charge is -2.30. The minimum Gasteiger partial charge on any atom is -0.330 e. The van der Waals surface area contributed by atoms with Crippen LogP contribution in [-0.4, -0.2) is 66.0 Å². The van der Waals surface area contributed by atoms with Crippen molar-refractivity contribution < 1.29 is 9.59 Å². The van der Waals surface area contributed by atoms with Crippen molar-refractivity contribution in [2.24, 2.45) is 11.8 Å². The molecule has 63 heavy (non-hydrogen) atoms. The highest BCUT2D eigenvalue weighted by Gasteiger charge is 2.27. The lowest BCUT2D eigenvalue weighted by molar-refractivity contribution is -0.138. The SMILES string of the molecule is O=C(C(CCCc1ccccc1)CCCc1ccccc1)N1CCCCN(Cc2ccccc2)C1.O=C(C(CCCc1ccccc1)CCCc1ccccc1)N1CCCCNC1. The molecule has 2 fully saturated rings. The minimum atomic E-state index is 0.110. The highest BCUT2D eigenvalue weighted by molar-refractivity contribution is 5.79. The maximum atomic E-state index is 13.8. The van der Waals surface area contributed by atoms with Gasteiger partial charge in [0.25, 0.3) is 0 Å². The zero-order valence-electron chi connectivity index (χ0n) is 38.0. The summed E-state index contributed by atoms with van der Waals surface area (Å²) in [5, 5.41) is 3.40. The minimum absolute atomic E-state index is 0.110. The number of nitrogens with zero attached hydrogens (tertiary/aromatic N) is 3. The summed E-state index contributed by atoms with van der Waals surface area (Å²) in [6.45, 7) is 6.26. The predicted octanol–water partition coefficient (Wildman–Crippen LogP) is 11.5. The molecule has 5 aromatic carbocycles. The van der Waals surface area contributed by atoms with Crippen LogP contribution in [0.15, 0.2) is 152 Å². The van der Waals surface area contributed by atoms with Crippen LogP contribution in [0.3, 0.4) is 0 Å². The molecule has 0 aromatic heterocycles. The topological polar surface area (TPSA) is 55.9 Å². The van der Waals surface area contributed by atoms with E-state index < -0.39 is 0 Å². The Balaban J connectivity index is 0.000000215. The molecule has 2 heterocycles. The molecular formula is C57H74N4O2. The Morgan fingerprint density at radius 1 is 0.429 bits per heavy atom. The molecule has 2 aliphatic heterocycles. The first-order valence-electron chi connectivity index (χ1n) is 24.3. The normalized spacial score (nSPS) is 14.8. The van der Waals surface area contributed by atoms with Crippen LogP contribution in [0.25, 0.3) is 0 Å². The fourth-order valence-corrected chi connectivity index (χ4v) is 9.29. The molecule has 0 atom stereocenters. The number of amides is 2. The standard InChI is InChI=1S/C32H40N2O.C25H34N2O/c35-32(34-25-11-10-24-33(27-34)26-30-18-8-3-9-19-30)31(22-12-20-28-14-4-1-5-15-28)23-13-21-29-16-6-2-7-17-29;28-25(27-20-8-7-19-26-21-27)24(17-9-15-22-11-3-1-4-12-22)18-10-16-23-13-5-2-6-14-23/h1-9,14-19,31H,10-13,20-27H2;1-6,11-14,24,26H,7-10,15-21H2. The average molecular weight is 847 g/mol. The van der Waals surface area contributed by atoms with E-state index in [0.29, 0.717) is 18.5 Å².